The van der Waals surface area contributed by atoms with Crippen molar-refractivity contribution in [2.45, 2.75) is 33.5 Å². The maximum absolute atomic E-state index is 12.3. The summed E-state index contributed by atoms with van der Waals surface area (Å²) in [7, 11) is 0. The maximum Gasteiger partial charge on any atom is 0.433 e. The van der Waals surface area contributed by atoms with Crippen LogP contribution in [0.2, 0.25) is 0 Å². The zero-order chi connectivity index (χ0) is 14.0. The number of aromatic nitrogens is 1. The molecule has 1 N–H and O–H groups in total. The molecule has 100 valence electrons. The van der Waals surface area contributed by atoms with E-state index in [1.807, 2.05) is 20.8 Å². The number of nitrogens with zero attached hydrogens (tertiary/aromatic N) is 1. The molecule has 1 aromatic rings. The number of pyridine rings is 1. The van der Waals surface area contributed by atoms with Gasteiger partial charge < -0.3 is 5.32 Å². The van der Waals surface area contributed by atoms with Gasteiger partial charge in [-0.1, -0.05) is 33.4 Å². The highest BCUT2D eigenvalue weighted by atomic mass is 19.4. The normalized spacial score (nSPS) is 12.3. The summed E-state index contributed by atoms with van der Waals surface area (Å²) in [6, 6.07) is 2.40. The van der Waals surface area contributed by atoms with Gasteiger partial charge in [0.15, 0.2) is 0 Å². The van der Waals surface area contributed by atoms with E-state index in [1.54, 1.807) is 0 Å². The van der Waals surface area contributed by atoms with Gasteiger partial charge in [-0.05, 0) is 11.6 Å². The number of rotatable bonds is 3. The predicted molar refractivity (Wildman–Crippen MR) is 64.7 cm³/mol. The first kappa shape index (κ1) is 14.5. The van der Waals surface area contributed by atoms with Gasteiger partial charge >= 0.3 is 6.18 Å². The molecule has 5 heteroatoms. The summed E-state index contributed by atoms with van der Waals surface area (Å²) in [6.45, 7) is 10.3. The van der Waals surface area contributed by atoms with Gasteiger partial charge in [-0.15, -0.1) is 0 Å². The summed E-state index contributed by atoms with van der Waals surface area (Å²) in [5.41, 5.74) is 0.566. The Hall–Kier alpha value is -1.52. The van der Waals surface area contributed by atoms with Crippen molar-refractivity contribution in [2.24, 2.45) is 5.41 Å². The summed E-state index contributed by atoms with van der Waals surface area (Å²) in [5, 5.41) is 3.08. The minimum absolute atomic E-state index is 0.0840. The third-order valence-electron chi connectivity index (χ3n) is 2.53. The molecule has 0 aliphatic rings. The third kappa shape index (κ3) is 4.05. The van der Waals surface area contributed by atoms with Crippen LogP contribution in [0.5, 0.6) is 0 Å². The first-order chi connectivity index (χ1) is 8.10. The lowest BCUT2D eigenvalue weighted by Gasteiger charge is -2.23. The van der Waals surface area contributed by atoms with Crippen LogP contribution in [0.3, 0.4) is 0 Å². The van der Waals surface area contributed by atoms with Crippen LogP contribution in [-0.4, -0.2) is 4.98 Å². The van der Waals surface area contributed by atoms with Crippen molar-refractivity contribution in [3.63, 3.8) is 0 Å². The first-order valence-electron chi connectivity index (χ1n) is 5.56. The molecule has 0 fully saturated rings. The van der Waals surface area contributed by atoms with Gasteiger partial charge in [0.05, 0.1) is 0 Å². The Balaban J connectivity index is 2.63. The van der Waals surface area contributed by atoms with Gasteiger partial charge in [0.1, 0.15) is 5.69 Å². The Labute approximate surface area is 105 Å². The molecule has 0 unspecified atom stereocenters. The molecule has 0 aromatic carbocycles. The molecule has 0 aliphatic heterocycles. The van der Waals surface area contributed by atoms with Crippen LogP contribution in [0.1, 0.15) is 32.0 Å². The monoisotopic (exact) mass is 258 g/mol. The number of allylic oxidation sites excluding steroid dienone is 1. The highest BCUT2D eigenvalue weighted by Gasteiger charge is 2.31. The number of hydrogen-bond acceptors (Lipinski definition) is 2. The molecule has 18 heavy (non-hydrogen) atoms. The Morgan fingerprint density at radius 3 is 2.28 bits per heavy atom. The van der Waals surface area contributed by atoms with Gasteiger partial charge in [0, 0.05) is 23.9 Å². The van der Waals surface area contributed by atoms with Crippen molar-refractivity contribution in [3.8, 4) is 0 Å². The molecule has 0 amide bonds. The third-order valence-corrected chi connectivity index (χ3v) is 2.53. The minimum atomic E-state index is -4.39. The molecule has 0 saturated heterocycles. The van der Waals surface area contributed by atoms with Crippen LogP contribution in [0.25, 0.3) is 0 Å². The Morgan fingerprint density at radius 1 is 1.28 bits per heavy atom. The molecular weight excluding hydrogens is 241 g/mol. The molecule has 0 radical (unpaired) electrons. The van der Waals surface area contributed by atoms with E-state index in [2.05, 4.69) is 16.9 Å². The lowest BCUT2D eigenvalue weighted by Crippen LogP contribution is -2.23. The van der Waals surface area contributed by atoms with Crippen LogP contribution in [0.15, 0.2) is 30.6 Å². The fourth-order valence-electron chi connectivity index (χ4n) is 1.17. The summed E-state index contributed by atoms with van der Waals surface area (Å²) in [5.74, 6) is 0. The number of nitrogens with one attached hydrogen (secondary N) is 1. The van der Waals surface area contributed by atoms with Crippen LogP contribution >= 0.6 is 0 Å². The maximum atomic E-state index is 12.3. The fourth-order valence-corrected chi connectivity index (χ4v) is 1.17. The zero-order valence-corrected chi connectivity index (χ0v) is 10.7. The summed E-state index contributed by atoms with van der Waals surface area (Å²) < 4.78 is 36.9. The van der Waals surface area contributed by atoms with E-state index in [0.29, 0.717) is 12.1 Å². The second-order valence-electron chi connectivity index (χ2n) is 5.13. The number of alkyl halides is 3. The van der Waals surface area contributed by atoms with Gasteiger partial charge in [-0.2, -0.15) is 13.2 Å². The topological polar surface area (TPSA) is 24.9 Å². The minimum Gasteiger partial charge on any atom is -0.384 e. The second kappa shape index (κ2) is 5.00. The highest BCUT2D eigenvalue weighted by molar-refractivity contribution is 5.17. The summed E-state index contributed by atoms with van der Waals surface area (Å²) in [6.07, 6.45) is -3.16. The molecule has 0 spiro atoms. The van der Waals surface area contributed by atoms with Crippen molar-refractivity contribution in [1.29, 1.82) is 0 Å². The van der Waals surface area contributed by atoms with E-state index >= 15 is 0 Å². The van der Waals surface area contributed by atoms with E-state index in [1.165, 1.54) is 12.3 Å². The molecule has 0 saturated carbocycles. The van der Waals surface area contributed by atoms with E-state index < -0.39 is 11.9 Å². The second-order valence-corrected chi connectivity index (χ2v) is 5.13. The molecule has 1 rings (SSSR count). The van der Waals surface area contributed by atoms with Gasteiger partial charge in [0.25, 0.3) is 0 Å². The zero-order valence-electron chi connectivity index (χ0n) is 10.7. The van der Waals surface area contributed by atoms with Crippen molar-refractivity contribution < 1.29 is 13.2 Å². The first-order valence-corrected chi connectivity index (χ1v) is 5.56. The lowest BCUT2D eigenvalue weighted by atomic mass is 9.93. The smallest absolute Gasteiger partial charge is 0.384 e. The van der Waals surface area contributed by atoms with Crippen molar-refractivity contribution in [3.05, 3.63) is 41.9 Å². The van der Waals surface area contributed by atoms with Crippen LogP contribution in [0.4, 0.5) is 13.2 Å². The SMILES string of the molecule is C=C(NCc1ccc(C(F)(F)F)nc1)C(C)(C)C. The predicted octanol–water partition coefficient (Wildman–Crippen LogP) is 3.75. The Bertz CT molecular complexity index is 413. The molecule has 1 aromatic heterocycles. The Morgan fingerprint density at radius 2 is 1.89 bits per heavy atom. The lowest BCUT2D eigenvalue weighted by molar-refractivity contribution is -0.141. The van der Waals surface area contributed by atoms with E-state index in [0.717, 1.165) is 11.8 Å². The molecule has 0 bridgehead atoms. The average Bonchev–Trinajstić information content (AvgIpc) is 2.24. The summed E-state index contributed by atoms with van der Waals surface area (Å²) in [4.78, 5) is 3.40. The van der Waals surface area contributed by atoms with Crippen LogP contribution < -0.4 is 5.32 Å². The number of hydrogen-bond donors (Lipinski definition) is 1. The van der Waals surface area contributed by atoms with Crippen molar-refractivity contribution >= 4 is 0 Å². The largest absolute Gasteiger partial charge is 0.433 e. The molecule has 0 aliphatic carbocycles. The molecule has 0 atom stereocenters. The van der Waals surface area contributed by atoms with E-state index in [4.69, 9.17) is 0 Å². The summed E-state index contributed by atoms with van der Waals surface area (Å²) >= 11 is 0. The van der Waals surface area contributed by atoms with Crippen molar-refractivity contribution in [2.75, 3.05) is 0 Å². The standard InChI is InChI=1S/C13H17F3N2/c1-9(12(2,3)4)17-7-10-5-6-11(18-8-10)13(14,15)16/h5-6,8,17H,1,7H2,2-4H3. The van der Waals surface area contributed by atoms with E-state index in [9.17, 15) is 13.2 Å². The molecule has 1 heterocycles. The molecule has 2 nitrogen and oxygen atoms in total. The van der Waals surface area contributed by atoms with E-state index in [-0.39, 0.29) is 5.41 Å². The number of halogens is 3. The average molecular weight is 258 g/mol. The fraction of sp³-hybridized carbons (Fsp3) is 0.462. The Kier molecular flexibility index (Phi) is 4.04. The van der Waals surface area contributed by atoms with Crippen LogP contribution in [-0.2, 0) is 12.7 Å². The van der Waals surface area contributed by atoms with Gasteiger partial charge in [0.2, 0.25) is 0 Å². The highest BCUT2D eigenvalue weighted by Crippen LogP contribution is 2.27. The quantitative estimate of drug-likeness (QED) is 0.893. The van der Waals surface area contributed by atoms with Gasteiger partial charge in [-0.3, -0.25) is 4.98 Å². The van der Waals surface area contributed by atoms with Gasteiger partial charge in [-0.25, -0.2) is 0 Å². The molecular formula is C13H17F3N2. The van der Waals surface area contributed by atoms with Crippen molar-refractivity contribution in [1.82, 2.24) is 10.3 Å². The van der Waals surface area contributed by atoms with Crippen LogP contribution in [0, 0.1) is 5.41 Å².